The van der Waals surface area contributed by atoms with Gasteiger partial charge in [-0.3, -0.25) is 0 Å². The largest absolute Gasteiger partial charge is 0.382 e. The first-order chi connectivity index (χ1) is 8.25. The molecule has 1 atom stereocenters. The van der Waals surface area contributed by atoms with Gasteiger partial charge in [0.2, 0.25) is 0 Å². The van der Waals surface area contributed by atoms with E-state index in [1.807, 2.05) is 0 Å². The van der Waals surface area contributed by atoms with Gasteiger partial charge in [0.1, 0.15) is 0 Å². The molecule has 1 saturated heterocycles. The minimum Gasteiger partial charge on any atom is -0.382 e. The molecule has 1 unspecified atom stereocenters. The second-order valence-corrected chi connectivity index (χ2v) is 5.15. The fourth-order valence-electron chi connectivity index (χ4n) is 2.19. The highest BCUT2D eigenvalue weighted by Gasteiger charge is 2.12. The fourth-order valence-corrected chi connectivity index (χ4v) is 2.19. The Morgan fingerprint density at radius 3 is 2.59 bits per heavy atom. The molecule has 2 nitrogen and oxygen atoms in total. The normalized spacial score (nSPS) is 20.5. The summed E-state index contributed by atoms with van der Waals surface area (Å²) < 4.78 is 5.70. The number of rotatable bonds is 4. The summed E-state index contributed by atoms with van der Waals surface area (Å²) in [6, 6.07) is 8.74. The van der Waals surface area contributed by atoms with E-state index in [0.29, 0.717) is 12.0 Å². The van der Waals surface area contributed by atoms with Crippen molar-refractivity contribution in [3.63, 3.8) is 0 Å². The smallest absolute Gasteiger partial charge is 0.0747 e. The van der Waals surface area contributed by atoms with Crippen molar-refractivity contribution in [1.29, 1.82) is 0 Å². The third kappa shape index (κ3) is 3.74. The topological polar surface area (TPSA) is 21.3 Å². The third-order valence-corrected chi connectivity index (χ3v) is 3.39. The second kappa shape index (κ2) is 6.06. The van der Waals surface area contributed by atoms with E-state index in [-0.39, 0.29) is 0 Å². The molecule has 94 valence electrons. The number of nitrogens with one attached hydrogen (secondary N) is 1. The van der Waals surface area contributed by atoms with E-state index < -0.39 is 0 Å². The lowest BCUT2D eigenvalue weighted by Gasteiger charge is -2.23. The Labute approximate surface area is 104 Å². The van der Waals surface area contributed by atoms with Crippen molar-refractivity contribution in [2.24, 2.45) is 0 Å². The van der Waals surface area contributed by atoms with Crippen LogP contribution in [0.1, 0.15) is 44.6 Å². The van der Waals surface area contributed by atoms with Gasteiger partial charge in [-0.15, -0.1) is 0 Å². The Hall–Kier alpha value is -1.02. The monoisotopic (exact) mass is 233 g/mol. The number of anilines is 1. The molecular formula is C15H23NO. The van der Waals surface area contributed by atoms with Gasteiger partial charge in [0.05, 0.1) is 6.10 Å². The molecule has 1 N–H and O–H groups in total. The lowest BCUT2D eigenvalue weighted by Crippen LogP contribution is -2.26. The van der Waals surface area contributed by atoms with Crippen molar-refractivity contribution < 1.29 is 4.74 Å². The highest BCUT2D eigenvalue weighted by atomic mass is 16.5. The van der Waals surface area contributed by atoms with Crippen molar-refractivity contribution in [3.05, 3.63) is 29.8 Å². The van der Waals surface area contributed by atoms with E-state index in [2.05, 4.69) is 43.4 Å². The predicted molar refractivity (Wildman–Crippen MR) is 72.6 cm³/mol. The van der Waals surface area contributed by atoms with Gasteiger partial charge in [-0.25, -0.2) is 0 Å². The number of hydrogen-bond acceptors (Lipinski definition) is 2. The Morgan fingerprint density at radius 2 is 2.00 bits per heavy atom. The van der Waals surface area contributed by atoms with Crippen LogP contribution in [-0.4, -0.2) is 19.3 Å². The van der Waals surface area contributed by atoms with Crippen LogP contribution in [0.4, 0.5) is 5.69 Å². The number of hydrogen-bond donors (Lipinski definition) is 1. The third-order valence-electron chi connectivity index (χ3n) is 3.39. The fraction of sp³-hybridized carbons (Fsp3) is 0.600. The molecule has 0 aromatic heterocycles. The lowest BCUT2D eigenvalue weighted by atomic mass is 10.0. The zero-order valence-corrected chi connectivity index (χ0v) is 10.9. The number of ether oxygens (including phenoxy) is 1. The molecule has 1 aromatic rings. The molecule has 0 amide bonds. The SMILES string of the molecule is CC(C)c1ccc(NCC2CCCCO2)cc1. The average Bonchev–Trinajstić information content (AvgIpc) is 2.38. The minimum atomic E-state index is 0.397. The van der Waals surface area contributed by atoms with Crippen molar-refractivity contribution in [2.45, 2.75) is 45.1 Å². The van der Waals surface area contributed by atoms with Gasteiger partial charge < -0.3 is 10.1 Å². The van der Waals surface area contributed by atoms with Gasteiger partial charge in [0.25, 0.3) is 0 Å². The van der Waals surface area contributed by atoms with Crippen molar-refractivity contribution >= 4 is 5.69 Å². The summed E-state index contributed by atoms with van der Waals surface area (Å²) in [5, 5.41) is 3.46. The molecule has 0 spiro atoms. The zero-order valence-electron chi connectivity index (χ0n) is 10.9. The summed E-state index contributed by atoms with van der Waals surface area (Å²) in [6.07, 6.45) is 4.11. The summed E-state index contributed by atoms with van der Waals surface area (Å²) in [5.41, 5.74) is 2.59. The molecule has 2 rings (SSSR count). The van der Waals surface area contributed by atoms with Gasteiger partial charge in [-0.2, -0.15) is 0 Å². The molecule has 1 heterocycles. The molecule has 0 radical (unpaired) electrons. The first-order valence-electron chi connectivity index (χ1n) is 6.71. The molecule has 0 saturated carbocycles. The van der Waals surface area contributed by atoms with Gasteiger partial charge in [0, 0.05) is 18.8 Å². The first-order valence-corrected chi connectivity index (χ1v) is 6.71. The van der Waals surface area contributed by atoms with Crippen LogP contribution < -0.4 is 5.32 Å². The van der Waals surface area contributed by atoms with Crippen molar-refractivity contribution in [3.8, 4) is 0 Å². The summed E-state index contributed by atoms with van der Waals surface area (Å²) in [7, 11) is 0. The van der Waals surface area contributed by atoms with Crippen LogP contribution in [0.5, 0.6) is 0 Å². The maximum Gasteiger partial charge on any atom is 0.0747 e. The Morgan fingerprint density at radius 1 is 1.24 bits per heavy atom. The quantitative estimate of drug-likeness (QED) is 0.854. The Bertz CT molecular complexity index is 325. The predicted octanol–water partition coefficient (Wildman–Crippen LogP) is 3.79. The Balaban J connectivity index is 1.82. The summed E-state index contributed by atoms with van der Waals surface area (Å²) in [5.74, 6) is 0.603. The highest BCUT2D eigenvalue weighted by Crippen LogP contribution is 2.18. The van der Waals surface area contributed by atoms with E-state index in [9.17, 15) is 0 Å². The van der Waals surface area contributed by atoms with Crippen LogP contribution in [0.3, 0.4) is 0 Å². The van der Waals surface area contributed by atoms with Crippen molar-refractivity contribution in [2.75, 3.05) is 18.5 Å². The van der Waals surface area contributed by atoms with Crippen LogP contribution in [0.25, 0.3) is 0 Å². The molecule has 0 aliphatic carbocycles. The molecule has 1 aliphatic rings. The van der Waals surface area contributed by atoms with E-state index in [1.54, 1.807) is 0 Å². The van der Waals surface area contributed by atoms with Gasteiger partial charge in [0.15, 0.2) is 0 Å². The summed E-state index contributed by atoms with van der Waals surface area (Å²) >= 11 is 0. The molecule has 17 heavy (non-hydrogen) atoms. The van der Waals surface area contributed by atoms with Crippen LogP contribution in [0, 0.1) is 0 Å². The average molecular weight is 233 g/mol. The Kier molecular flexibility index (Phi) is 4.43. The summed E-state index contributed by atoms with van der Waals surface area (Å²) in [4.78, 5) is 0. The van der Waals surface area contributed by atoms with Gasteiger partial charge in [-0.1, -0.05) is 26.0 Å². The van der Waals surface area contributed by atoms with Gasteiger partial charge >= 0.3 is 0 Å². The van der Waals surface area contributed by atoms with Crippen LogP contribution in [-0.2, 0) is 4.74 Å². The maximum absolute atomic E-state index is 5.70. The van der Waals surface area contributed by atoms with E-state index >= 15 is 0 Å². The molecular weight excluding hydrogens is 210 g/mol. The first kappa shape index (κ1) is 12.4. The van der Waals surface area contributed by atoms with E-state index in [4.69, 9.17) is 4.74 Å². The van der Waals surface area contributed by atoms with Crippen molar-refractivity contribution in [1.82, 2.24) is 0 Å². The van der Waals surface area contributed by atoms with Crippen LogP contribution >= 0.6 is 0 Å². The summed E-state index contributed by atoms with van der Waals surface area (Å²) in [6.45, 7) is 6.30. The molecule has 2 heteroatoms. The molecule has 1 fully saturated rings. The highest BCUT2D eigenvalue weighted by molar-refractivity contribution is 5.45. The molecule has 1 aromatic carbocycles. The standard InChI is InChI=1S/C15H23NO/c1-12(2)13-6-8-14(9-7-13)16-11-15-5-3-4-10-17-15/h6-9,12,15-16H,3-5,10-11H2,1-2H3. The molecule has 1 aliphatic heterocycles. The molecule has 0 bridgehead atoms. The second-order valence-electron chi connectivity index (χ2n) is 5.15. The van der Waals surface area contributed by atoms with Crippen LogP contribution in [0.15, 0.2) is 24.3 Å². The maximum atomic E-state index is 5.70. The van der Waals surface area contributed by atoms with E-state index in [0.717, 1.165) is 13.2 Å². The lowest BCUT2D eigenvalue weighted by molar-refractivity contribution is 0.0247. The number of benzene rings is 1. The zero-order chi connectivity index (χ0) is 12.1. The van der Waals surface area contributed by atoms with E-state index in [1.165, 1.54) is 30.5 Å². The van der Waals surface area contributed by atoms with Gasteiger partial charge in [-0.05, 0) is 42.9 Å². The minimum absolute atomic E-state index is 0.397. The van der Waals surface area contributed by atoms with Crippen LogP contribution in [0.2, 0.25) is 0 Å².